The van der Waals surface area contributed by atoms with Gasteiger partial charge in [0.05, 0.1) is 32.0 Å². The predicted octanol–water partition coefficient (Wildman–Crippen LogP) is 7.94. The zero-order chi connectivity index (χ0) is 48.9. The molecule has 0 aromatic heterocycles. The Bertz CT molecular complexity index is 1180. The summed E-state index contributed by atoms with van der Waals surface area (Å²) in [5.74, 6) is -0.236. The van der Waals surface area contributed by atoms with Gasteiger partial charge in [0.2, 0.25) is 5.91 Å². The van der Waals surface area contributed by atoms with Crippen molar-refractivity contribution in [3.8, 4) is 0 Å². The summed E-state index contributed by atoms with van der Waals surface area (Å²) in [5.41, 5.74) is 0. The van der Waals surface area contributed by atoms with Crippen molar-refractivity contribution < 1.29 is 64.6 Å². The van der Waals surface area contributed by atoms with Gasteiger partial charge in [-0.05, 0) is 19.3 Å². The Balaban J connectivity index is 1.79. The lowest BCUT2D eigenvalue weighted by Gasteiger charge is -2.46. The van der Waals surface area contributed by atoms with Crippen LogP contribution in [-0.2, 0) is 23.7 Å². The highest BCUT2D eigenvalue weighted by Gasteiger charge is 2.51. The minimum Gasteiger partial charge on any atom is -0.394 e. The quantitative estimate of drug-likeness (QED) is 0.0209. The van der Waals surface area contributed by atoms with E-state index in [1.165, 1.54) is 161 Å². The molecule has 12 atom stereocenters. The molecule has 14 heteroatoms. The minimum absolute atomic E-state index is 0.236. The summed E-state index contributed by atoms with van der Waals surface area (Å²) < 4.78 is 22.7. The van der Waals surface area contributed by atoms with Crippen molar-refractivity contribution >= 4 is 5.91 Å². The number of amides is 1. The van der Waals surface area contributed by atoms with Crippen molar-refractivity contribution in [2.24, 2.45) is 0 Å². The van der Waals surface area contributed by atoms with Gasteiger partial charge in [-0.3, -0.25) is 4.79 Å². The number of carbonyl (C=O) groups excluding carboxylic acids is 1. The Kier molecular flexibility index (Phi) is 37.2. The first-order valence-electron chi connectivity index (χ1n) is 27.4. The van der Waals surface area contributed by atoms with E-state index in [1.54, 1.807) is 6.08 Å². The molecule has 0 unspecified atom stereocenters. The van der Waals surface area contributed by atoms with Gasteiger partial charge >= 0.3 is 0 Å². The van der Waals surface area contributed by atoms with Crippen LogP contribution in [0.4, 0.5) is 0 Å². The molecule has 0 saturated carbocycles. The number of hydrogen-bond acceptors (Lipinski definition) is 13. The molecule has 2 rings (SSSR count). The minimum atomic E-state index is -1.78. The van der Waals surface area contributed by atoms with Gasteiger partial charge in [0.25, 0.3) is 0 Å². The number of carbonyl (C=O) groups is 1. The lowest BCUT2D eigenvalue weighted by atomic mass is 9.97. The summed E-state index contributed by atoms with van der Waals surface area (Å²) in [6, 6.07) is -0.908. The van der Waals surface area contributed by atoms with Gasteiger partial charge in [-0.15, -0.1) is 0 Å². The highest BCUT2D eigenvalue weighted by atomic mass is 16.7. The third kappa shape index (κ3) is 27.2. The van der Waals surface area contributed by atoms with Crippen LogP contribution in [-0.4, -0.2) is 140 Å². The van der Waals surface area contributed by atoms with Crippen molar-refractivity contribution in [3.05, 3.63) is 12.2 Å². The first-order chi connectivity index (χ1) is 32.6. The van der Waals surface area contributed by atoms with E-state index >= 15 is 0 Å². The summed E-state index contributed by atoms with van der Waals surface area (Å²) in [6.45, 7) is 2.80. The Morgan fingerprint density at radius 3 is 1.37 bits per heavy atom. The largest absolute Gasteiger partial charge is 0.394 e. The number of allylic oxidation sites excluding steroid dienone is 1. The van der Waals surface area contributed by atoms with Crippen LogP contribution >= 0.6 is 0 Å². The molecule has 2 fully saturated rings. The number of nitrogens with one attached hydrogen (secondary N) is 1. The summed E-state index contributed by atoms with van der Waals surface area (Å²) in [6.07, 6.45) is 26.8. The lowest BCUT2D eigenvalue weighted by Crippen LogP contribution is -2.65. The maximum absolute atomic E-state index is 13.2. The molecule has 396 valence electrons. The second-order valence-electron chi connectivity index (χ2n) is 19.7. The highest BCUT2D eigenvalue weighted by molar-refractivity contribution is 5.76. The maximum atomic E-state index is 13.2. The van der Waals surface area contributed by atoms with Crippen molar-refractivity contribution in [2.45, 2.75) is 299 Å². The molecule has 67 heavy (non-hydrogen) atoms. The van der Waals surface area contributed by atoms with Crippen molar-refractivity contribution in [3.63, 3.8) is 0 Å². The van der Waals surface area contributed by atoms with Crippen LogP contribution in [0.1, 0.15) is 226 Å². The molecule has 2 aliphatic rings. The average Bonchev–Trinajstić information content (AvgIpc) is 3.32. The van der Waals surface area contributed by atoms with E-state index in [-0.39, 0.29) is 18.9 Å². The molecule has 0 aliphatic carbocycles. The molecule has 2 heterocycles. The van der Waals surface area contributed by atoms with Gasteiger partial charge in [-0.25, -0.2) is 0 Å². The average molecular weight is 960 g/mol. The number of unbranched alkanes of at least 4 members (excludes halogenated alkanes) is 30. The first-order valence-corrected chi connectivity index (χ1v) is 27.4. The number of ether oxygens (including phenoxy) is 4. The molecule has 0 radical (unpaired) electrons. The molecule has 14 nitrogen and oxygen atoms in total. The fourth-order valence-corrected chi connectivity index (χ4v) is 9.23. The van der Waals surface area contributed by atoms with Gasteiger partial charge in [0.15, 0.2) is 12.6 Å². The number of aliphatic hydroxyl groups excluding tert-OH is 8. The fourth-order valence-electron chi connectivity index (χ4n) is 9.23. The van der Waals surface area contributed by atoms with E-state index in [2.05, 4.69) is 19.2 Å². The molecule has 0 aromatic carbocycles. The molecule has 9 N–H and O–H groups in total. The van der Waals surface area contributed by atoms with Gasteiger partial charge in [0.1, 0.15) is 48.8 Å². The van der Waals surface area contributed by atoms with E-state index in [4.69, 9.17) is 18.9 Å². The van der Waals surface area contributed by atoms with E-state index in [0.717, 1.165) is 38.5 Å². The molecule has 0 spiro atoms. The number of rotatable bonds is 43. The zero-order valence-electron chi connectivity index (χ0n) is 42.2. The van der Waals surface area contributed by atoms with Crippen molar-refractivity contribution in [1.82, 2.24) is 5.32 Å². The van der Waals surface area contributed by atoms with Gasteiger partial charge in [0, 0.05) is 6.42 Å². The molecular formula is C53H101NO13. The second-order valence-corrected chi connectivity index (χ2v) is 19.7. The second kappa shape index (κ2) is 40.3. The third-order valence-electron chi connectivity index (χ3n) is 13.7. The molecule has 0 aromatic rings. The summed E-state index contributed by atoms with van der Waals surface area (Å²) >= 11 is 0. The van der Waals surface area contributed by atoms with Crippen LogP contribution in [0.25, 0.3) is 0 Å². The lowest BCUT2D eigenvalue weighted by molar-refractivity contribution is -0.359. The fraction of sp³-hybridized carbons (Fsp3) is 0.943. The van der Waals surface area contributed by atoms with Gasteiger partial charge in [-0.1, -0.05) is 212 Å². The van der Waals surface area contributed by atoms with Gasteiger partial charge in [-0.2, -0.15) is 0 Å². The van der Waals surface area contributed by atoms with Crippen LogP contribution in [0.15, 0.2) is 12.2 Å². The molecule has 1 amide bonds. The molecule has 2 saturated heterocycles. The maximum Gasteiger partial charge on any atom is 0.220 e. The van der Waals surface area contributed by atoms with Crippen molar-refractivity contribution in [2.75, 3.05) is 19.8 Å². The highest BCUT2D eigenvalue weighted by Crippen LogP contribution is 2.30. The first kappa shape index (κ1) is 61.8. The van der Waals surface area contributed by atoms with E-state index in [1.807, 2.05) is 6.08 Å². The monoisotopic (exact) mass is 960 g/mol. The normalized spacial score (nSPS) is 26.6. The Morgan fingerprint density at radius 2 is 0.925 bits per heavy atom. The van der Waals surface area contributed by atoms with Gasteiger partial charge < -0.3 is 65.1 Å². The van der Waals surface area contributed by atoms with Crippen LogP contribution in [0.5, 0.6) is 0 Å². The third-order valence-corrected chi connectivity index (χ3v) is 13.7. The summed E-state index contributed by atoms with van der Waals surface area (Å²) in [4.78, 5) is 13.2. The van der Waals surface area contributed by atoms with E-state index in [9.17, 15) is 45.6 Å². The van der Waals surface area contributed by atoms with Crippen LogP contribution in [0.3, 0.4) is 0 Å². The smallest absolute Gasteiger partial charge is 0.220 e. The SMILES string of the molecule is CCCCCCCCCCCCC/C=C\[C@@H](O)[C@@H](CO[C@@H]1O[C@H](CO)[C@@H](O[C@H]2O[C@H](CO)[C@H](O)[C@H](O)[C@H]2O)[C@@H](O)[C@@H]1O)NC(=O)CCCCCCCCCCCCCCCCCCCCCC. The predicted molar refractivity (Wildman–Crippen MR) is 263 cm³/mol. The standard InChI is InChI=1S/C53H101NO13/c1-3-5-7-9-11-13-15-17-18-19-20-21-22-23-25-27-29-31-33-35-37-45(58)54-41(42(57)36-34-32-30-28-26-24-16-14-12-10-8-6-4-2)40-64-52-50(63)48(61)51(44(39-56)66-52)67-53-49(62)47(60)46(59)43(38-55)65-53/h34,36,41-44,46-53,55-57,59-63H,3-33,35,37-40H2,1-2H3,(H,54,58)/b36-34-/t41-,42-,43-,44-,46+,47+,48+,49-,50+,51-,52-,53-/m1/s1. The van der Waals surface area contributed by atoms with E-state index in [0.29, 0.717) is 6.42 Å². The van der Waals surface area contributed by atoms with Crippen LogP contribution in [0, 0.1) is 0 Å². The van der Waals surface area contributed by atoms with Crippen molar-refractivity contribution in [1.29, 1.82) is 0 Å². The molecule has 2 aliphatic heterocycles. The Hall–Kier alpha value is -1.27. The summed E-state index contributed by atoms with van der Waals surface area (Å²) in [7, 11) is 0. The Morgan fingerprint density at radius 1 is 0.522 bits per heavy atom. The molecule has 0 bridgehead atoms. The van der Waals surface area contributed by atoms with E-state index < -0.39 is 86.8 Å². The Labute approximate surface area is 406 Å². The summed E-state index contributed by atoms with van der Waals surface area (Å²) in [5, 5.41) is 86.8. The zero-order valence-corrected chi connectivity index (χ0v) is 42.2. The topological polar surface area (TPSA) is 228 Å². The number of aliphatic hydroxyl groups is 8. The number of hydrogen-bond donors (Lipinski definition) is 9. The van der Waals surface area contributed by atoms with Crippen LogP contribution < -0.4 is 5.32 Å². The van der Waals surface area contributed by atoms with Crippen LogP contribution in [0.2, 0.25) is 0 Å². The molecular weight excluding hydrogens is 859 g/mol.